The minimum atomic E-state index is -2.21. The Morgan fingerprint density at radius 1 is 1.14 bits per heavy atom. The van der Waals surface area contributed by atoms with Crippen molar-refractivity contribution >= 4 is 11.9 Å². The number of nitrogens with zero attached hydrogens (tertiary/aromatic N) is 2. The maximum Gasteiger partial charge on any atom is 0.410 e. The van der Waals surface area contributed by atoms with Crippen molar-refractivity contribution in [3.63, 3.8) is 0 Å². The molecule has 0 aromatic heterocycles. The first-order chi connectivity index (χ1) is 16.1. The number of ether oxygens (including phenoxy) is 2. The van der Waals surface area contributed by atoms with Crippen LogP contribution < -0.4 is 0 Å². The Morgan fingerprint density at radius 3 is 2.31 bits per heavy atom. The van der Waals surface area contributed by atoms with E-state index in [9.17, 15) is 24.9 Å². The average molecular weight is 495 g/mol. The summed E-state index contributed by atoms with van der Waals surface area (Å²) in [5.74, 6) is -1.22. The van der Waals surface area contributed by atoms with Gasteiger partial charge in [-0.2, -0.15) is 0 Å². The number of carbonyl (C=O) groups excluding carboxylic acids is 2. The van der Waals surface area contributed by atoms with Crippen molar-refractivity contribution in [2.75, 3.05) is 33.2 Å². The van der Waals surface area contributed by atoms with Crippen molar-refractivity contribution in [3.8, 4) is 0 Å². The van der Waals surface area contributed by atoms with Gasteiger partial charge in [-0.3, -0.25) is 4.79 Å². The van der Waals surface area contributed by atoms with Crippen molar-refractivity contribution in [1.29, 1.82) is 0 Å². The molecule has 0 unspecified atom stereocenters. The van der Waals surface area contributed by atoms with E-state index in [4.69, 9.17) is 9.47 Å². The number of fused-ring (bicyclic) bond motifs is 3. The Morgan fingerprint density at radius 2 is 1.74 bits per heavy atom. The monoisotopic (exact) mass is 494 g/mol. The maximum atomic E-state index is 13.8. The SMILES string of the molecule is C=C[C@@]1(C)CC(=O)[C@]2(O)[C@@]3(C)[C@@H](O)CCC(C)(C)[C@@H]3[C@H](OC(=O)N3CCN(C)CC3)[C@H](O)[C@@]2(C)O1. The van der Waals surface area contributed by atoms with Crippen LogP contribution in [0.3, 0.4) is 0 Å². The molecule has 0 bridgehead atoms. The zero-order valence-electron chi connectivity index (χ0n) is 21.9. The summed E-state index contributed by atoms with van der Waals surface area (Å²) in [7, 11) is 1.99. The van der Waals surface area contributed by atoms with E-state index in [0.717, 1.165) is 0 Å². The van der Waals surface area contributed by atoms with E-state index in [2.05, 4.69) is 11.5 Å². The van der Waals surface area contributed by atoms with Gasteiger partial charge in [0.1, 0.15) is 17.8 Å². The lowest BCUT2D eigenvalue weighted by Crippen LogP contribution is -2.86. The van der Waals surface area contributed by atoms with Crippen molar-refractivity contribution in [2.45, 2.75) is 89.0 Å². The molecule has 0 aromatic carbocycles. The second-order valence-corrected chi connectivity index (χ2v) is 12.4. The molecule has 2 aliphatic heterocycles. The highest BCUT2D eigenvalue weighted by Gasteiger charge is 2.81. The van der Waals surface area contributed by atoms with Crippen LogP contribution in [-0.2, 0) is 14.3 Å². The zero-order chi connectivity index (χ0) is 26.2. The molecule has 4 fully saturated rings. The lowest BCUT2D eigenvalue weighted by atomic mass is 9.40. The summed E-state index contributed by atoms with van der Waals surface area (Å²) >= 11 is 0. The number of hydrogen-bond donors (Lipinski definition) is 3. The average Bonchev–Trinajstić information content (AvgIpc) is 2.78. The number of likely N-dealkylation sites (N-methyl/N-ethyl adjacent to an activating group) is 1. The van der Waals surface area contributed by atoms with E-state index < -0.39 is 63.7 Å². The quantitative estimate of drug-likeness (QED) is 0.492. The minimum Gasteiger partial charge on any atom is -0.443 e. The van der Waals surface area contributed by atoms with Crippen LogP contribution in [0.15, 0.2) is 12.7 Å². The smallest absolute Gasteiger partial charge is 0.410 e. The number of piperazine rings is 1. The fraction of sp³-hybridized carbons (Fsp3) is 0.846. The topological polar surface area (TPSA) is 120 Å². The minimum absolute atomic E-state index is 0.142. The summed E-state index contributed by atoms with van der Waals surface area (Å²) in [6.45, 7) is 15.0. The Bertz CT molecular complexity index is 902. The van der Waals surface area contributed by atoms with Crippen LogP contribution in [-0.4, -0.2) is 105 Å². The van der Waals surface area contributed by atoms with Gasteiger partial charge in [0, 0.05) is 43.9 Å². The number of hydrogen-bond acceptors (Lipinski definition) is 8. The molecule has 9 heteroatoms. The van der Waals surface area contributed by atoms with Gasteiger partial charge in [0.15, 0.2) is 11.4 Å². The predicted octanol–water partition coefficient (Wildman–Crippen LogP) is 1.34. The second-order valence-electron chi connectivity index (χ2n) is 12.4. The maximum absolute atomic E-state index is 13.8. The highest BCUT2D eigenvalue weighted by molar-refractivity contribution is 5.92. The van der Waals surface area contributed by atoms with E-state index in [1.807, 2.05) is 20.9 Å². The van der Waals surface area contributed by atoms with Crippen LogP contribution in [0, 0.1) is 16.7 Å². The van der Waals surface area contributed by atoms with Crippen LogP contribution in [0.25, 0.3) is 0 Å². The first kappa shape index (κ1) is 26.5. The summed E-state index contributed by atoms with van der Waals surface area (Å²) in [5, 5.41) is 35.6. The van der Waals surface area contributed by atoms with Gasteiger partial charge in [0.2, 0.25) is 0 Å². The molecule has 8 atom stereocenters. The molecule has 3 N–H and O–H groups in total. The molecule has 2 aliphatic carbocycles. The first-order valence-corrected chi connectivity index (χ1v) is 12.7. The Labute approximate surface area is 208 Å². The van der Waals surface area contributed by atoms with Crippen molar-refractivity contribution < 1.29 is 34.4 Å². The molecule has 4 aliphatic rings. The third-order valence-corrected chi connectivity index (χ3v) is 9.73. The molecule has 2 heterocycles. The molecule has 0 radical (unpaired) electrons. The van der Waals surface area contributed by atoms with E-state index in [0.29, 0.717) is 39.0 Å². The van der Waals surface area contributed by atoms with Crippen LogP contribution in [0.5, 0.6) is 0 Å². The number of aliphatic hydroxyl groups excluding tert-OH is 2. The van der Waals surface area contributed by atoms with E-state index in [-0.39, 0.29) is 6.42 Å². The van der Waals surface area contributed by atoms with Crippen molar-refractivity contribution in [3.05, 3.63) is 12.7 Å². The summed E-state index contributed by atoms with van der Waals surface area (Å²) in [4.78, 5) is 30.8. The molecule has 35 heavy (non-hydrogen) atoms. The molecule has 2 saturated heterocycles. The van der Waals surface area contributed by atoms with Gasteiger partial charge in [0.25, 0.3) is 0 Å². The van der Waals surface area contributed by atoms with Gasteiger partial charge in [-0.15, -0.1) is 6.58 Å². The first-order valence-electron chi connectivity index (χ1n) is 12.7. The Kier molecular flexibility index (Phi) is 6.25. The standard InChI is InChI=1S/C26H42N2O7/c1-8-23(4)15-17(30)26(33)24(5)16(29)9-10-22(2,3)19(24)18(20(31)25(26,6)35-23)34-21(32)28-13-11-27(7)12-14-28/h8,16,18-20,29,31,33H,1,9-15H2,2-7H3/t16-,18-,19-,20-,23-,24-,25+,26-/m0/s1. The third-order valence-electron chi connectivity index (χ3n) is 9.73. The predicted molar refractivity (Wildman–Crippen MR) is 129 cm³/mol. The fourth-order valence-electron chi connectivity index (χ4n) is 7.58. The molecular formula is C26H42N2O7. The molecule has 2 saturated carbocycles. The van der Waals surface area contributed by atoms with E-state index in [1.165, 1.54) is 13.0 Å². The number of ketones is 1. The molecule has 0 aromatic rings. The number of rotatable bonds is 2. The highest BCUT2D eigenvalue weighted by Crippen LogP contribution is 2.67. The highest BCUT2D eigenvalue weighted by atomic mass is 16.6. The van der Waals surface area contributed by atoms with Gasteiger partial charge < -0.3 is 34.6 Å². The Balaban J connectivity index is 1.83. The normalized spacial score (nSPS) is 48.0. The van der Waals surface area contributed by atoms with Crippen molar-refractivity contribution in [1.82, 2.24) is 9.80 Å². The van der Waals surface area contributed by atoms with Crippen LogP contribution in [0.1, 0.15) is 53.9 Å². The Hall–Kier alpha value is -1.52. The number of amides is 1. The third kappa shape index (κ3) is 3.53. The fourth-order valence-corrected chi connectivity index (χ4v) is 7.58. The van der Waals surface area contributed by atoms with Crippen LogP contribution in [0.2, 0.25) is 0 Å². The lowest BCUT2D eigenvalue weighted by molar-refractivity contribution is -0.369. The zero-order valence-corrected chi connectivity index (χ0v) is 21.9. The molecular weight excluding hydrogens is 452 g/mol. The second kappa shape index (κ2) is 8.25. The lowest BCUT2D eigenvalue weighted by Gasteiger charge is -2.71. The summed E-state index contributed by atoms with van der Waals surface area (Å²) in [6, 6.07) is 0. The van der Waals surface area contributed by atoms with Gasteiger partial charge >= 0.3 is 6.09 Å². The van der Waals surface area contributed by atoms with Gasteiger partial charge in [-0.25, -0.2) is 4.79 Å². The van der Waals surface area contributed by atoms with E-state index in [1.54, 1.807) is 18.7 Å². The van der Waals surface area contributed by atoms with Gasteiger partial charge in [0.05, 0.1) is 11.7 Å². The van der Waals surface area contributed by atoms with E-state index >= 15 is 0 Å². The largest absolute Gasteiger partial charge is 0.443 e. The van der Waals surface area contributed by atoms with Crippen molar-refractivity contribution in [2.24, 2.45) is 16.7 Å². The molecule has 9 nitrogen and oxygen atoms in total. The number of aliphatic hydroxyl groups is 3. The summed E-state index contributed by atoms with van der Waals surface area (Å²) in [5.41, 5.74) is -7.18. The van der Waals surface area contributed by atoms with Gasteiger partial charge in [-0.1, -0.05) is 26.8 Å². The molecule has 198 valence electrons. The summed E-state index contributed by atoms with van der Waals surface area (Å²) < 4.78 is 12.4. The molecule has 4 rings (SSSR count). The van der Waals surface area contributed by atoms with Crippen LogP contribution >= 0.6 is 0 Å². The number of Topliss-reactive ketones (excluding diaryl/α,β-unsaturated/α-hetero) is 1. The molecule has 0 spiro atoms. The summed E-state index contributed by atoms with van der Waals surface area (Å²) in [6.07, 6.45) is -1.96. The van der Waals surface area contributed by atoms with Crippen LogP contribution in [0.4, 0.5) is 4.79 Å². The van der Waals surface area contributed by atoms with Gasteiger partial charge in [-0.05, 0) is 39.2 Å². The molecule has 1 amide bonds. The number of carbonyl (C=O) groups is 2.